The summed E-state index contributed by atoms with van der Waals surface area (Å²) in [5.41, 5.74) is 0.935. The van der Waals surface area contributed by atoms with Gasteiger partial charge >= 0.3 is 0 Å². The summed E-state index contributed by atoms with van der Waals surface area (Å²) in [5, 5.41) is 0. The summed E-state index contributed by atoms with van der Waals surface area (Å²) in [6, 6.07) is 3.07. The minimum atomic E-state index is -0.434. The second-order valence-electron chi connectivity index (χ2n) is 3.02. The van der Waals surface area contributed by atoms with E-state index in [0.29, 0.717) is 5.92 Å². The predicted molar refractivity (Wildman–Crippen MR) is 48.1 cm³/mol. The van der Waals surface area contributed by atoms with Crippen LogP contribution in [0, 0.1) is 11.9 Å². The minimum Gasteiger partial charge on any atom is -0.228 e. The van der Waals surface area contributed by atoms with E-state index in [2.05, 4.69) is 24.9 Å². The van der Waals surface area contributed by atoms with Crippen molar-refractivity contribution < 1.29 is 4.39 Å². The van der Waals surface area contributed by atoms with Crippen molar-refractivity contribution in [1.29, 1.82) is 0 Å². The van der Waals surface area contributed by atoms with Gasteiger partial charge < -0.3 is 0 Å². The van der Waals surface area contributed by atoms with Crippen molar-refractivity contribution in [1.82, 2.24) is 4.98 Å². The molecule has 0 radical (unpaired) electrons. The Bertz CT molecular complexity index is 262. The summed E-state index contributed by atoms with van der Waals surface area (Å²) in [4.78, 5) is 3.54. The van der Waals surface area contributed by atoms with Crippen LogP contribution in [0.5, 0.6) is 0 Å². The molecule has 1 nitrogen and oxygen atoms in total. The highest BCUT2D eigenvalue weighted by atomic mass is 19.1. The molecule has 1 heterocycles. The minimum absolute atomic E-state index is 0.434. The molecule has 0 aliphatic carbocycles. The summed E-state index contributed by atoms with van der Waals surface area (Å²) < 4.78 is 12.4. The molecule has 12 heavy (non-hydrogen) atoms. The number of hydrogen-bond acceptors (Lipinski definition) is 1. The smallest absolute Gasteiger partial charge is 0.212 e. The molecule has 64 valence electrons. The maximum absolute atomic E-state index is 12.4. The van der Waals surface area contributed by atoms with E-state index in [4.69, 9.17) is 0 Å². The molecule has 1 aromatic rings. The average Bonchev–Trinajstić information content (AvgIpc) is 2.03. The summed E-state index contributed by atoms with van der Waals surface area (Å²) in [5.74, 6) is 0.0757. The second-order valence-corrected chi connectivity index (χ2v) is 3.02. The van der Waals surface area contributed by atoms with E-state index in [1.807, 2.05) is 6.08 Å². The van der Waals surface area contributed by atoms with Gasteiger partial charge in [0.05, 0.1) is 0 Å². The predicted octanol–water partition coefficient (Wildman–Crippen LogP) is 2.89. The first-order valence-electron chi connectivity index (χ1n) is 3.98. The molecular formula is C10H12FN. The standard InChI is InChI=1S/C10H12FN/c1-8(2)3-4-9-5-6-10(11)12-7-9/h3-8H,1-2H3/b4-3+. The average molecular weight is 165 g/mol. The molecule has 0 unspecified atom stereocenters. The molecule has 0 amide bonds. The normalized spacial score (nSPS) is 11.3. The quantitative estimate of drug-likeness (QED) is 0.614. The molecule has 0 aliphatic rings. The summed E-state index contributed by atoms with van der Waals surface area (Å²) in [7, 11) is 0. The van der Waals surface area contributed by atoms with Crippen molar-refractivity contribution in [2.75, 3.05) is 0 Å². The third-order valence-electron chi connectivity index (χ3n) is 1.42. The molecule has 0 saturated heterocycles. The van der Waals surface area contributed by atoms with E-state index >= 15 is 0 Å². The summed E-state index contributed by atoms with van der Waals surface area (Å²) >= 11 is 0. The van der Waals surface area contributed by atoms with Crippen LogP contribution in [0.15, 0.2) is 24.4 Å². The highest BCUT2D eigenvalue weighted by Gasteiger charge is 1.90. The number of rotatable bonds is 2. The molecule has 1 rings (SSSR count). The number of halogens is 1. The monoisotopic (exact) mass is 165 g/mol. The lowest BCUT2D eigenvalue weighted by atomic mass is 10.1. The van der Waals surface area contributed by atoms with E-state index in [9.17, 15) is 4.39 Å². The van der Waals surface area contributed by atoms with E-state index in [1.165, 1.54) is 12.3 Å². The van der Waals surface area contributed by atoms with Crippen LogP contribution in [0.1, 0.15) is 19.4 Å². The molecule has 0 atom stereocenters. The van der Waals surface area contributed by atoms with Crippen molar-refractivity contribution in [2.24, 2.45) is 5.92 Å². The zero-order chi connectivity index (χ0) is 8.97. The molecule has 2 heteroatoms. The van der Waals surface area contributed by atoms with Crippen LogP contribution in [-0.2, 0) is 0 Å². The van der Waals surface area contributed by atoms with Crippen molar-refractivity contribution >= 4 is 6.08 Å². The SMILES string of the molecule is CC(C)/C=C/c1ccc(F)nc1. The van der Waals surface area contributed by atoms with Gasteiger partial charge in [0.25, 0.3) is 0 Å². The van der Waals surface area contributed by atoms with Crippen molar-refractivity contribution in [3.8, 4) is 0 Å². The van der Waals surface area contributed by atoms with Crippen LogP contribution in [0.3, 0.4) is 0 Å². The van der Waals surface area contributed by atoms with Gasteiger partial charge in [0.2, 0.25) is 5.95 Å². The molecule has 0 fully saturated rings. The van der Waals surface area contributed by atoms with E-state index in [1.54, 1.807) is 6.07 Å². The lowest BCUT2D eigenvalue weighted by Crippen LogP contribution is -1.82. The lowest BCUT2D eigenvalue weighted by Gasteiger charge is -1.94. The molecule has 1 aromatic heterocycles. The van der Waals surface area contributed by atoms with Crippen molar-refractivity contribution in [2.45, 2.75) is 13.8 Å². The number of pyridine rings is 1. The first-order valence-corrected chi connectivity index (χ1v) is 3.98. The number of hydrogen-bond donors (Lipinski definition) is 0. The fraction of sp³-hybridized carbons (Fsp3) is 0.300. The first kappa shape index (κ1) is 8.91. The summed E-state index contributed by atoms with van der Waals surface area (Å²) in [6.07, 6.45) is 5.51. The lowest BCUT2D eigenvalue weighted by molar-refractivity contribution is 0.583. The Hall–Kier alpha value is -1.18. The first-order chi connectivity index (χ1) is 5.68. The topological polar surface area (TPSA) is 12.9 Å². The highest BCUT2D eigenvalue weighted by molar-refractivity contribution is 5.47. The number of allylic oxidation sites excluding steroid dienone is 1. The fourth-order valence-electron chi connectivity index (χ4n) is 0.789. The van der Waals surface area contributed by atoms with Crippen LogP contribution in [0.4, 0.5) is 4.39 Å². The van der Waals surface area contributed by atoms with Gasteiger partial charge in [-0.15, -0.1) is 0 Å². The van der Waals surface area contributed by atoms with Crippen LogP contribution in [0.2, 0.25) is 0 Å². The Balaban J connectivity index is 2.71. The molecule has 0 aromatic carbocycles. The Morgan fingerprint density at radius 3 is 2.67 bits per heavy atom. The molecule has 0 saturated carbocycles. The molecule has 0 aliphatic heterocycles. The Morgan fingerprint density at radius 2 is 2.17 bits per heavy atom. The summed E-state index contributed by atoms with van der Waals surface area (Å²) in [6.45, 7) is 4.18. The van der Waals surface area contributed by atoms with Crippen molar-refractivity contribution in [3.63, 3.8) is 0 Å². The molecule has 0 bridgehead atoms. The maximum atomic E-state index is 12.4. The Morgan fingerprint density at radius 1 is 1.42 bits per heavy atom. The van der Waals surface area contributed by atoms with Gasteiger partial charge in [-0.1, -0.05) is 26.0 Å². The highest BCUT2D eigenvalue weighted by Crippen LogP contribution is 2.04. The third kappa shape index (κ3) is 2.82. The van der Waals surface area contributed by atoms with Gasteiger partial charge in [-0.3, -0.25) is 0 Å². The van der Waals surface area contributed by atoms with E-state index in [-0.39, 0.29) is 0 Å². The van der Waals surface area contributed by atoms with Gasteiger partial charge in [0.1, 0.15) is 0 Å². The van der Waals surface area contributed by atoms with E-state index < -0.39 is 5.95 Å². The number of nitrogens with zero attached hydrogens (tertiary/aromatic N) is 1. The Labute approximate surface area is 72.0 Å². The maximum Gasteiger partial charge on any atom is 0.212 e. The van der Waals surface area contributed by atoms with Gasteiger partial charge in [0.15, 0.2) is 0 Å². The van der Waals surface area contributed by atoms with Crippen LogP contribution < -0.4 is 0 Å². The van der Waals surface area contributed by atoms with Crippen LogP contribution in [0.25, 0.3) is 6.08 Å². The Kier molecular flexibility index (Phi) is 2.97. The molecular weight excluding hydrogens is 153 g/mol. The van der Waals surface area contributed by atoms with Crippen molar-refractivity contribution in [3.05, 3.63) is 35.9 Å². The zero-order valence-corrected chi connectivity index (χ0v) is 7.29. The molecule has 0 N–H and O–H groups in total. The van der Waals surface area contributed by atoms with E-state index in [0.717, 1.165) is 5.56 Å². The largest absolute Gasteiger partial charge is 0.228 e. The van der Waals surface area contributed by atoms with Gasteiger partial charge in [-0.05, 0) is 23.6 Å². The van der Waals surface area contributed by atoms with Gasteiger partial charge in [-0.25, -0.2) is 4.98 Å². The van der Waals surface area contributed by atoms with Crippen LogP contribution in [-0.4, -0.2) is 4.98 Å². The third-order valence-corrected chi connectivity index (χ3v) is 1.42. The van der Waals surface area contributed by atoms with Gasteiger partial charge in [0, 0.05) is 6.20 Å². The second kappa shape index (κ2) is 4.00. The number of aromatic nitrogens is 1. The zero-order valence-electron chi connectivity index (χ0n) is 7.29. The molecule has 0 spiro atoms. The van der Waals surface area contributed by atoms with Crippen LogP contribution >= 0.6 is 0 Å². The van der Waals surface area contributed by atoms with Gasteiger partial charge in [-0.2, -0.15) is 4.39 Å². The fourth-order valence-corrected chi connectivity index (χ4v) is 0.789.